The number of aromatic hydroxyl groups is 3. The lowest BCUT2D eigenvalue weighted by Crippen LogP contribution is -2.62. The Hall–Kier alpha value is -3.82. The van der Waals surface area contributed by atoms with E-state index in [2.05, 4.69) is 0 Å². The van der Waals surface area contributed by atoms with Crippen LogP contribution in [0.25, 0.3) is 32.7 Å². The molecule has 2 saturated heterocycles. The molecule has 2 aliphatic heterocycles. The average molecular weight is 626 g/mol. The fourth-order valence-corrected chi connectivity index (χ4v) is 5.35. The van der Waals surface area contributed by atoms with E-state index in [0.717, 1.165) is 12.1 Å². The van der Waals surface area contributed by atoms with Crippen molar-refractivity contribution in [2.75, 3.05) is 13.2 Å². The first-order chi connectivity index (χ1) is 20.8. The summed E-state index contributed by atoms with van der Waals surface area (Å²) in [5.74, 6) is -3.13. The van der Waals surface area contributed by atoms with Crippen molar-refractivity contribution in [3.8, 4) is 23.0 Å². The highest BCUT2D eigenvalue weighted by Gasteiger charge is 2.48. The number of aliphatic hydroxyl groups is 7. The Bertz CT molecular complexity index is 1810. The number of aliphatic hydroxyl groups excluding tert-OH is 7. The van der Waals surface area contributed by atoms with Gasteiger partial charge < -0.3 is 78.8 Å². The normalized spacial score (nSPS) is 33.0. The summed E-state index contributed by atoms with van der Waals surface area (Å²) in [5, 5.41) is 101. The molecule has 4 aromatic rings. The number of ether oxygens (including phenoxy) is 4. The van der Waals surface area contributed by atoms with Gasteiger partial charge in [-0.15, -0.1) is 0 Å². The van der Waals surface area contributed by atoms with Crippen molar-refractivity contribution < 1.29 is 78.8 Å². The smallest absolute Gasteiger partial charge is 0.344 e. The van der Waals surface area contributed by atoms with Gasteiger partial charge in [-0.05, 0) is 12.1 Å². The molecular formula is C26H26O18. The van der Waals surface area contributed by atoms with Crippen LogP contribution in [0.15, 0.2) is 30.6 Å². The Labute approximate surface area is 242 Å². The molecule has 4 heterocycles. The second-order valence-electron chi connectivity index (χ2n) is 10.4. The predicted octanol–water partition coefficient (Wildman–Crippen LogP) is -3.39. The van der Waals surface area contributed by atoms with Gasteiger partial charge in [0.1, 0.15) is 48.8 Å². The van der Waals surface area contributed by atoms with Crippen LogP contribution in [0.3, 0.4) is 0 Å². The molecule has 238 valence electrons. The zero-order valence-corrected chi connectivity index (χ0v) is 22.1. The van der Waals surface area contributed by atoms with Gasteiger partial charge >= 0.3 is 11.3 Å². The third kappa shape index (κ3) is 4.59. The summed E-state index contributed by atoms with van der Waals surface area (Å²) in [4.78, 5) is 25.5. The molecule has 2 aromatic carbocycles. The Morgan fingerprint density at radius 2 is 1.18 bits per heavy atom. The highest BCUT2D eigenvalue weighted by atomic mass is 16.7. The summed E-state index contributed by atoms with van der Waals surface area (Å²) >= 11 is 0. The molecule has 0 saturated carbocycles. The Morgan fingerprint density at radius 3 is 1.82 bits per heavy atom. The fourth-order valence-electron chi connectivity index (χ4n) is 5.35. The molecule has 44 heavy (non-hydrogen) atoms. The molecule has 0 spiro atoms. The third-order valence-corrected chi connectivity index (χ3v) is 7.71. The molecule has 6 rings (SSSR count). The Balaban J connectivity index is 1.34. The molecule has 10 N–H and O–H groups in total. The SMILES string of the molecule is O=c1oc2c(OC3OC(COC4OC(CO)C(O)C(O)C4O)C(O)C(O)C3O)c(O)cc3c(=O)oc4c(O)c(O)cc1c4c23. The van der Waals surface area contributed by atoms with Crippen LogP contribution >= 0.6 is 0 Å². The van der Waals surface area contributed by atoms with E-state index in [0.29, 0.717) is 0 Å². The van der Waals surface area contributed by atoms with Gasteiger partial charge in [0.25, 0.3) is 0 Å². The van der Waals surface area contributed by atoms with Crippen molar-refractivity contribution in [2.24, 2.45) is 0 Å². The van der Waals surface area contributed by atoms with E-state index in [9.17, 15) is 60.7 Å². The van der Waals surface area contributed by atoms with Crippen LogP contribution in [-0.4, -0.2) is 126 Å². The van der Waals surface area contributed by atoms with Crippen LogP contribution in [-0.2, 0) is 14.2 Å². The van der Waals surface area contributed by atoms with Gasteiger partial charge in [0.15, 0.2) is 29.0 Å². The van der Waals surface area contributed by atoms with E-state index in [1.807, 2.05) is 0 Å². The highest BCUT2D eigenvalue weighted by Crippen LogP contribution is 2.45. The fraction of sp³-hybridized carbons (Fsp3) is 0.462. The molecule has 2 aromatic heterocycles. The van der Waals surface area contributed by atoms with Crippen molar-refractivity contribution in [1.82, 2.24) is 0 Å². The maximum absolute atomic E-state index is 12.9. The molecule has 0 aliphatic carbocycles. The van der Waals surface area contributed by atoms with E-state index in [4.69, 9.17) is 27.8 Å². The van der Waals surface area contributed by atoms with Crippen LogP contribution in [0.4, 0.5) is 0 Å². The highest BCUT2D eigenvalue weighted by molar-refractivity contribution is 6.22. The van der Waals surface area contributed by atoms with Crippen LogP contribution in [0, 0.1) is 0 Å². The molecule has 10 unspecified atom stereocenters. The lowest BCUT2D eigenvalue weighted by atomic mass is 9.98. The second-order valence-corrected chi connectivity index (χ2v) is 10.4. The maximum Gasteiger partial charge on any atom is 0.344 e. The van der Waals surface area contributed by atoms with E-state index >= 15 is 0 Å². The molecule has 10 atom stereocenters. The first-order valence-electron chi connectivity index (χ1n) is 13.1. The maximum atomic E-state index is 12.9. The Morgan fingerprint density at radius 1 is 0.659 bits per heavy atom. The number of benzene rings is 2. The number of hydrogen-bond acceptors (Lipinski definition) is 18. The van der Waals surface area contributed by atoms with Gasteiger partial charge in [0, 0.05) is 10.8 Å². The van der Waals surface area contributed by atoms with Crippen molar-refractivity contribution >= 4 is 32.7 Å². The minimum absolute atomic E-state index is 0.169. The molecule has 2 aliphatic rings. The van der Waals surface area contributed by atoms with Gasteiger partial charge in [-0.25, -0.2) is 9.59 Å². The van der Waals surface area contributed by atoms with Crippen LogP contribution < -0.4 is 16.0 Å². The topological polar surface area (TPSA) is 300 Å². The second kappa shape index (κ2) is 11.0. The molecule has 2 fully saturated rings. The van der Waals surface area contributed by atoms with E-state index in [1.54, 1.807) is 0 Å². The largest absolute Gasteiger partial charge is 0.504 e. The summed E-state index contributed by atoms with van der Waals surface area (Å²) in [5.41, 5.74) is -3.34. The predicted molar refractivity (Wildman–Crippen MR) is 139 cm³/mol. The number of hydrogen-bond donors (Lipinski definition) is 10. The van der Waals surface area contributed by atoms with Gasteiger partial charge in [-0.2, -0.15) is 0 Å². The van der Waals surface area contributed by atoms with Crippen molar-refractivity contribution in [3.63, 3.8) is 0 Å². The summed E-state index contributed by atoms with van der Waals surface area (Å²) in [6, 6.07) is 1.76. The summed E-state index contributed by atoms with van der Waals surface area (Å²) < 4.78 is 32.2. The monoisotopic (exact) mass is 626 g/mol. The lowest BCUT2D eigenvalue weighted by Gasteiger charge is -2.42. The zero-order chi connectivity index (χ0) is 31.8. The standard InChI is InChI=1S/C26H26O18/c27-3-9-14(31)16(33)18(35)25(40-9)39-4-10-15(32)17(34)19(36)26(41-10)44-20-8(29)2-6-12-11-5(24(38)43-22(12)20)1-7(28)13(30)21(11)42-23(6)37/h1-2,9-10,14-19,25-36H,3-4H2. The van der Waals surface area contributed by atoms with Gasteiger partial charge in [-0.3, -0.25) is 0 Å². The third-order valence-electron chi connectivity index (χ3n) is 7.71. The van der Waals surface area contributed by atoms with Gasteiger partial charge in [0.05, 0.1) is 24.0 Å². The first-order valence-corrected chi connectivity index (χ1v) is 13.1. The van der Waals surface area contributed by atoms with Gasteiger partial charge in [-0.1, -0.05) is 0 Å². The van der Waals surface area contributed by atoms with E-state index in [1.165, 1.54) is 0 Å². The van der Waals surface area contributed by atoms with E-state index in [-0.39, 0.29) is 21.5 Å². The minimum Gasteiger partial charge on any atom is -0.504 e. The van der Waals surface area contributed by atoms with Crippen molar-refractivity contribution in [1.29, 1.82) is 0 Å². The molecule has 0 amide bonds. The summed E-state index contributed by atoms with van der Waals surface area (Å²) in [6.45, 7) is -1.42. The average Bonchev–Trinajstić information content (AvgIpc) is 2.99. The van der Waals surface area contributed by atoms with Crippen molar-refractivity contribution in [2.45, 2.75) is 61.4 Å². The molecule has 18 nitrogen and oxygen atoms in total. The number of phenols is 3. The molecule has 18 heteroatoms. The summed E-state index contributed by atoms with van der Waals surface area (Å²) in [6.07, 6.45) is -17.4. The summed E-state index contributed by atoms with van der Waals surface area (Å²) in [7, 11) is 0. The lowest BCUT2D eigenvalue weighted by molar-refractivity contribution is -0.323. The Kier molecular flexibility index (Phi) is 7.53. The zero-order valence-electron chi connectivity index (χ0n) is 22.1. The van der Waals surface area contributed by atoms with Gasteiger partial charge in [0.2, 0.25) is 17.8 Å². The van der Waals surface area contributed by atoms with Crippen LogP contribution in [0.5, 0.6) is 23.0 Å². The van der Waals surface area contributed by atoms with Crippen LogP contribution in [0.2, 0.25) is 0 Å². The minimum atomic E-state index is -2.00. The number of phenolic OH excluding ortho intramolecular Hbond substituents is 3. The van der Waals surface area contributed by atoms with Crippen molar-refractivity contribution in [3.05, 3.63) is 33.0 Å². The first kappa shape index (κ1) is 30.2. The quantitative estimate of drug-likeness (QED) is 0.0567. The molecule has 0 radical (unpaired) electrons. The van der Waals surface area contributed by atoms with E-state index < -0.39 is 120 Å². The van der Waals surface area contributed by atoms with Crippen LogP contribution in [0.1, 0.15) is 0 Å². The molecular weight excluding hydrogens is 600 g/mol. The number of rotatable bonds is 6. The molecule has 0 bridgehead atoms.